The molecule has 2 heterocycles. The molecule has 0 aliphatic heterocycles. The molecular weight excluding hydrogens is 340 g/mol. The van der Waals surface area contributed by atoms with E-state index in [1.165, 1.54) is 0 Å². The minimum Gasteiger partial charge on any atom is -0.339 e. The van der Waals surface area contributed by atoms with Crippen LogP contribution in [-0.2, 0) is 0 Å². The van der Waals surface area contributed by atoms with Crippen LogP contribution < -0.4 is 10.6 Å². The van der Waals surface area contributed by atoms with Gasteiger partial charge in [0.25, 0.3) is 5.91 Å². The minimum absolute atomic E-state index is 0.142. The summed E-state index contributed by atoms with van der Waals surface area (Å²) in [4.78, 5) is 12.2. The Balaban J connectivity index is 1.40. The van der Waals surface area contributed by atoms with Crippen molar-refractivity contribution in [3.8, 4) is 5.82 Å². The third-order valence-corrected chi connectivity index (χ3v) is 3.84. The van der Waals surface area contributed by atoms with E-state index in [1.54, 1.807) is 29.2 Å². The molecule has 27 heavy (non-hydrogen) atoms. The second kappa shape index (κ2) is 7.49. The van der Waals surface area contributed by atoms with E-state index in [1.807, 2.05) is 60.7 Å². The van der Waals surface area contributed by atoms with Crippen molar-refractivity contribution in [2.24, 2.45) is 0 Å². The van der Waals surface area contributed by atoms with Gasteiger partial charge in [-0.2, -0.15) is 5.10 Å². The van der Waals surface area contributed by atoms with Crippen LogP contribution in [0.3, 0.4) is 0 Å². The maximum absolute atomic E-state index is 12.2. The van der Waals surface area contributed by atoms with Crippen LogP contribution in [0.2, 0.25) is 0 Å². The van der Waals surface area contributed by atoms with Gasteiger partial charge in [0.15, 0.2) is 11.6 Å². The molecule has 2 aromatic heterocycles. The van der Waals surface area contributed by atoms with Crippen LogP contribution in [0.1, 0.15) is 10.4 Å². The summed E-state index contributed by atoms with van der Waals surface area (Å²) in [5, 5.41) is 18.4. The fraction of sp³-hybridized carbons (Fsp3) is 0. The molecule has 0 atom stereocenters. The van der Waals surface area contributed by atoms with Gasteiger partial charge in [-0.25, -0.2) is 4.68 Å². The van der Waals surface area contributed by atoms with E-state index in [0.29, 0.717) is 17.2 Å². The number of hydrogen-bond donors (Lipinski definition) is 2. The predicted octanol–water partition coefficient (Wildman–Crippen LogP) is 3.66. The van der Waals surface area contributed by atoms with E-state index >= 15 is 0 Å². The maximum Gasteiger partial charge on any atom is 0.255 e. The topological polar surface area (TPSA) is 84.7 Å². The first-order chi connectivity index (χ1) is 13.3. The zero-order valence-electron chi connectivity index (χ0n) is 14.3. The Kier molecular flexibility index (Phi) is 4.57. The molecule has 1 amide bonds. The summed E-state index contributed by atoms with van der Waals surface area (Å²) >= 11 is 0. The number of amides is 1. The Morgan fingerprint density at radius 1 is 0.815 bits per heavy atom. The zero-order valence-corrected chi connectivity index (χ0v) is 14.3. The SMILES string of the molecule is O=C(Nc1ccc(Nc2ccc(-n3cccn3)nn2)cc1)c1ccccc1. The van der Waals surface area contributed by atoms with Gasteiger partial charge in [0.05, 0.1) is 0 Å². The Bertz CT molecular complexity index is 1010. The summed E-state index contributed by atoms with van der Waals surface area (Å²) in [6, 6.07) is 22.0. The molecule has 7 nitrogen and oxygen atoms in total. The highest BCUT2D eigenvalue weighted by Crippen LogP contribution is 2.18. The van der Waals surface area contributed by atoms with E-state index in [4.69, 9.17) is 0 Å². The minimum atomic E-state index is -0.142. The number of nitrogens with zero attached hydrogens (tertiary/aromatic N) is 4. The smallest absolute Gasteiger partial charge is 0.255 e. The Morgan fingerprint density at radius 3 is 2.26 bits per heavy atom. The van der Waals surface area contributed by atoms with Crippen LogP contribution in [0.15, 0.2) is 85.2 Å². The summed E-state index contributed by atoms with van der Waals surface area (Å²) < 4.78 is 1.64. The molecule has 132 valence electrons. The van der Waals surface area contributed by atoms with Crippen LogP contribution in [-0.4, -0.2) is 25.9 Å². The van der Waals surface area contributed by atoms with Crippen molar-refractivity contribution in [1.82, 2.24) is 20.0 Å². The number of benzene rings is 2. The molecular formula is C20H16N6O. The first-order valence-corrected chi connectivity index (χ1v) is 8.35. The van der Waals surface area contributed by atoms with Crippen LogP contribution >= 0.6 is 0 Å². The van der Waals surface area contributed by atoms with Crippen molar-refractivity contribution in [3.05, 3.63) is 90.8 Å². The van der Waals surface area contributed by atoms with Gasteiger partial charge in [-0.05, 0) is 54.6 Å². The third kappa shape index (κ3) is 3.98. The monoisotopic (exact) mass is 356 g/mol. The van der Waals surface area contributed by atoms with Crippen LogP contribution in [0.25, 0.3) is 5.82 Å². The number of nitrogens with one attached hydrogen (secondary N) is 2. The molecule has 0 aliphatic carbocycles. The van der Waals surface area contributed by atoms with Crippen LogP contribution in [0, 0.1) is 0 Å². The summed E-state index contributed by atoms with van der Waals surface area (Å²) in [5.41, 5.74) is 2.18. The van der Waals surface area contributed by atoms with Crippen LogP contribution in [0.4, 0.5) is 17.2 Å². The number of rotatable bonds is 5. The van der Waals surface area contributed by atoms with Crippen molar-refractivity contribution in [3.63, 3.8) is 0 Å². The van der Waals surface area contributed by atoms with Crippen molar-refractivity contribution >= 4 is 23.1 Å². The van der Waals surface area contributed by atoms with Crippen molar-refractivity contribution < 1.29 is 4.79 Å². The molecule has 4 aromatic rings. The lowest BCUT2D eigenvalue weighted by atomic mass is 10.2. The number of hydrogen-bond acceptors (Lipinski definition) is 5. The fourth-order valence-corrected chi connectivity index (χ4v) is 2.50. The van der Waals surface area contributed by atoms with Crippen molar-refractivity contribution in [2.45, 2.75) is 0 Å². The first-order valence-electron chi connectivity index (χ1n) is 8.35. The van der Waals surface area contributed by atoms with Gasteiger partial charge in [-0.3, -0.25) is 4.79 Å². The second-order valence-electron chi connectivity index (χ2n) is 5.75. The highest BCUT2D eigenvalue weighted by molar-refractivity contribution is 6.04. The normalized spacial score (nSPS) is 10.4. The largest absolute Gasteiger partial charge is 0.339 e. The van der Waals surface area contributed by atoms with Gasteiger partial charge in [0.1, 0.15) is 0 Å². The highest BCUT2D eigenvalue weighted by atomic mass is 16.1. The van der Waals surface area contributed by atoms with E-state index in [0.717, 1.165) is 11.4 Å². The molecule has 0 saturated heterocycles. The molecule has 0 saturated carbocycles. The Labute approximate surface area is 155 Å². The number of aromatic nitrogens is 4. The van der Waals surface area contributed by atoms with Gasteiger partial charge < -0.3 is 10.6 Å². The zero-order chi connectivity index (χ0) is 18.5. The number of carbonyl (C=O) groups excluding carboxylic acids is 1. The lowest BCUT2D eigenvalue weighted by Crippen LogP contribution is -2.11. The lowest BCUT2D eigenvalue weighted by Gasteiger charge is -2.08. The highest BCUT2D eigenvalue weighted by Gasteiger charge is 2.05. The summed E-state index contributed by atoms with van der Waals surface area (Å²) in [7, 11) is 0. The van der Waals surface area contributed by atoms with Gasteiger partial charge in [-0.1, -0.05) is 18.2 Å². The van der Waals surface area contributed by atoms with Gasteiger partial charge in [0, 0.05) is 29.3 Å². The van der Waals surface area contributed by atoms with Crippen molar-refractivity contribution in [2.75, 3.05) is 10.6 Å². The first kappa shape index (κ1) is 16.5. The number of carbonyl (C=O) groups is 1. The third-order valence-electron chi connectivity index (χ3n) is 3.84. The molecule has 0 unspecified atom stereocenters. The van der Waals surface area contributed by atoms with Crippen molar-refractivity contribution in [1.29, 1.82) is 0 Å². The van der Waals surface area contributed by atoms with Gasteiger partial charge in [0.2, 0.25) is 0 Å². The summed E-state index contributed by atoms with van der Waals surface area (Å²) in [6.45, 7) is 0. The summed E-state index contributed by atoms with van der Waals surface area (Å²) in [5.74, 6) is 1.12. The number of anilines is 3. The fourth-order valence-electron chi connectivity index (χ4n) is 2.50. The van der Waals surface area contributed by atoms with E-state index < -0.39 is 0 Å². The standard InChI is InChI=1S/C20H16N6O/c27-20(15-5-2-1-3-6-15)23-17-9-7-16(8-10-17)22-18-11-12-19(25-24-18)26-14-4-13-21-26/h1-14H,(H,22,24)(H,23,27). The molecule has 0 fully saturated rings. The van der Waals surface area contributed by atoms with E-state index in [2.05, 4.69) is 25.9 Å². The van der Waals surface area contributed by atoms with Gasteiger partial charge in [-0.15, -0.1) is 10.2 Å². The Hall–Kier alpha value is -4.00. The Morgan fingerprint density at radius 2 is 1.59 bits per heavy atom. The molecule has 4 rings (SSSR count). The average Bonchev–Trinajstić information content (AvgIpc) is 3.26. The summed E-state index contributed by atoms with van der Waals surface area (Å²) in [6.07, 6.45) is 3.49. The second-order valence-corrected chi connectivity index (χ2v) is 5.75. The lowest BCUT2D eigenvalue weighted by molar-refractivity contribution is 0.102. The molecule has 0 bridgehead atoms. The molecule has 7 heteroatoms. The molecule has 0 spiro atoms. The molecule has 0 aliphatic rings. The molecule has 2 aromatic carbocycles. The van der Waals surface area contributed by atoms with Crippen LogP contribution in [0.5, 0.6) is 0 Å². The average molecular weight is 356 g/mol. The van der Waals surface area contributed by atoms with E-state index in [9.17, 15) is 4.79 Å². The maximum atomic E-state index is 12.2. The molecule has 2 N–H and O–H groups in total. The molecule has 0 radical (unpaired) electrons. The van der Waals surface area contributed by atoms with Gasteiger partial charge >= 0.3 is 0 Å². The predicted molar refractivity (Wildman–Crippen MR) is 103 cm³/mol. The quantitative estimate of drug-likeness (QED) is 0.570. The van der Waals surface area contributed by atoms with E-state index in [-0.39, 0.29) is 5.91 Å².